The van der Waals surface area contributed by atoms with Crippen molar-refractivity contribution in [3.05, 3.63) is 29.3 Å². The van der Waals surface area contributed by atoms with Gasteiger partial charge in [-0.25, -0.2) is 0 Å². The molecule has 1 atom stereocenters. The molecule has 3 nitrogen and oxygen atoms in total. The highest BCUT2D eigenvalue weighted by molar-refractivity contribution is 5.92. The Labute approximate surface area is 116 Å². The molecule has 1 rings (SSSR count). The van der Waals surface area contributed by atoms with Gasteiger partial charge in [0, 0.05) is 12.1 Å². The lowest BCUT2D eigenvalue weighted by Gasteiger charge is -2.17. The number of nitrogens with two attached hydrogens (primary N) is 1. The topological polar surface area (TPSA) is 55.1 Å². The number of amides is 1. The van der Waals surface area contributed by atoms with Gasteiger partial charge < -0.3 is 11.1 Å². The maximum Gasteiger partial charge on any atom is 0.224 e. The van der Waals surface area contributed by atoms with Gasteiger partial charge in [0.25, 0.3) is 0 Å². The second-order valence-electron chi connectivity index (χ2n) is 5.62. The minimum Gasteiger partial charge on any atom is -0.330 e. The van der Waals surface area contributed by atoms with Gasteiger partial charge in [-0.05, 0) is 42.9 Å². The number of nitrogens with one attached hydrogen (secondary N) is 1. The first kappa shape index (κ1) is 15.7. The molecule has 106 valence electrons. The number of carbonyl (C=O) groups excluding carboxylic acids is 1. The van der Waals surface area contributed by atoms with Crippen molar-refractivity contribution in [1.82, 2.24) is 0 Å². The molecule has 0 radical (unpaired) electrons. The average Bonchev–Trinajstić information content (AvgIpc) is 2.38. The SMILES string of the molecule is Cc1cccc(C(C)C)c1NC(=O)CCC(C)CN. The minimum absolute atomic E-state index is 0.0801. The molecular weight excluding hydrogens is 236 g/mol. The molecule has 3 N–H and O–H groups in total. The molecular formula is C16H26N2O. The number of hydrogen-bond donors (Lipinski definition) is 2. The van der Waals surface area contributed by atoms with E-state index < -0.39 is 0 Å². The number of anilines is 1. The van der Waals surface area contributed by atoms with Crippen molar-refractivity contribution in [3.8, 4) is 0 Å². The third-order valence-electron chi connectivity index (χ3n) is 3.46. The molecule has 0 fully saturated rings. The molecule has 1 unspecified atom stereocenters. The van der Waals surface area contributed by atoms with Crippen molar-refractivity contribution < 1.29 is 4.79 Å². The molecule has 0 aliphatic rings. The lowest BCUT2D eigenvalue weighted by atomic mass is 9.98. The van der Waals surface area contributed by atoms with Crippen LogP contribution in [0.2, 0.25) is 0 Å². The fourth-order valence-electron chi connectivity index (χ4n) is 2.04. The van der Waals surface area contributed by atoms with Gasteiger partial charge in [-0.3, -0.25) is 4.79 Å². The van der Waals surface area contributed by atoms with Gasteiger partial charge in [-0.15, -0.1) is 0 Å². The Bertz CT molecular complexity index is 427. The zero-order valence-electron chi connectivity index (χ0n) is 12.5. The Balaban J connectivity index is 2.73. The van der Waals surface area contributed by atoms with Crippen molar-refractivity contribution in [1.29, 1.82) is 0 Å². The van der Waals surface area contributed by atoms with Crippen LogP contribution in [-0.2, 0) is 4.79 Å². The first-order valence-electron chi connectivity index (χ1n) is 7.05. The fraction of sp³-hybridized carbons (Fsp3) is 0.562. The zero-order valence-corrected chi connectivity index (χ0v) is 12.5. The van der Waals surface area contributed by atoms with Crippen LogP contribution in [0, 0.1) is 12.8 Å². The number of aryl methyl sites for hydroxylation is 1. The Morgan fingerprint density at radius 3 is 2.58 bits per heavy atom. The van der Waals surface area contributed by atoms with Crippen LogP contribution in [0.25, 0.3) is 0 Å². The standard InChI is InChI=1S/C16H26N2O/c1-11(2)14-7-5-6-13(4)16(14)18-15(19)9-8-12(3)10-17/h5-7,11-12H,8-10,17H2,1-4H3,(H,18,19). The van der Waals surface area contributed by atoms with Crippen LogP contribution in [0.4, 0.5) is 5.69 Å². The largest absolute Gasteiger partial charge is 0.330 e. The van der Waals surface area contributed by atoms with Gasteiger partial charge in [-0.1, -0.05) is 39.0 Å². The van der Waals surface area contributed by atoms with Crippen LogP contribution in [-0.4, -0.2) is 12.5 Å². The third-order valence-corrected chi connectivity index (χ3v) is 3.46. The van der Waals surface area contributed by atoms with Crippen LogP contribution in [0.1, 0.15) is 50.7 Å². The van der Waals surface area contributed by atoms with Gasteiger partial charge in [-0.2, -0.15) is 0 Å². The number of hydrogen-bond acceptors (Lipinski definition) is 2. The van der Waals surface area contributed by atoms with Crippen LogP contribution in [0.15, 0.2) is 18.2 Å². The van der Waals surface area contributed by atoms with E-state index in [1.54, 1.807) is 0 Å². The van der Waals surface area contributed by atoms with E-state index in [2.05, 4.69) is 32.2 Å². The van der Waals surface area contributed by atoms with Crippen molar-refractivity contribution in [2.24, 2.45) is 11.7 Å². The second-order valence-corrected chi connectivity index (χ2v) is 5.62. The molecule has 19 heavy (non-hydrogen) atoms. The van der Waals surface area contributed by atoms with E-state index in [1.807, 2.05) is 19.1 Å². The van der Waals surface area contributed by atoms with Crippen molar-refractivity contribution in [2.75, 3.05) is 11.9 Å². The minimum atomic E-state index is 0.0801. The highest BCUT2D eigenvalue weighted by atomic mass is 16.1. The molecule has 1 amide bonds. The van der Waals surface area contributed by atoms with Crippen LogP contribution in [0.5, 0.6) is 0 Å². The summed E-state index contributed by atoms with van der Waals surface area (Å²) in [5.74, 6) is 0.877. The Hall–Kier alpha value is -1.35. The lowest BCUT2D eigenvalue weighted by Crippen LogP contribution is -2.17. The molecule has 3 heteroatoms. The number of benzene rings is 1. The zero-order chi connectivity index (χ0) is 14.4. The summed E-state index contributed by atoms with van der Waals surface area (Å²) >= 11 is 0. The predicted octanol–water partition coefficient (Wildman–Crippen LogP) is 3.43. The highest BCUT2D eigenvalue weighted by Crippen LogP contribution is 2.27. The molecule has 0 saturated heterocycles. The number of rotatable bonds is 6. The summed E-state index contributed by atoms with van der Waals surface area (Å²) in [7, 11) is 0. The molecule has 0 spiro atoms. The van der Waals surface area contributed by atoms with E-state index in [0.717, 1.165) is 17.7 Å². The van der Waals surface area contributed by atoms with E-state index in [9.17, 15) is 4.79 Å². The van der Waals surface area contributed by atoms with E-state index in [4.69, 9.17) is 5.73 Å². The number of para-hydroxylation sites is 1. The van der Waals surface area contributed by atoms with Crippen LogP contribution in [0.3, 0.4) is 0 Å². The van der Waals surface area contributed by atoms with Gasteiger partial charge in [0.05, 0.1) is 0 Å². The van der Waals surface area contributed by atoms with Crippen LogP contribution < -0.4 is 11.1 Å². The van der Waals surface area contributed by atoms with E-state index in [1.165, 1.54) is 5.56 Å². The molecule has 0 aliphatic heterocycles. The highest BCUT2D eigenvalue weighted by Gasteiger charge is 2.12. The summed E-state index contributed by atoms with van der Waals surface area (Å²) in [4.78, 5) is 12.0. The summed E-state index contributed by atoms with van der Waals surface area (Å²) in [6.45, 7) is 9.02. The first-order valence-corrected chi connectivity index (χ1v) is 7.05. The molecule has 0 aromatic heterocycles. The van der Waals surface area contributed by atoms with Gasteiger partial charge in [0.1, 0.15) is 0 Å². The third kappa shape index (κ3) is 4.67. The van der Waals surface area contributed by atoms with Crippen LogP contribution >= 0.6 is 0 Å². The molecule has 1 aromatic carbocycles. The molecule has 0 aliphatic carbocycles. The van der Waals surface area contributed by atoms with Crippen molar-refractivity contribution >= 4 is 11.6 Å². The normalized spacial score (nSPS) is 12.5. The Kier molecular flexibility index (Phi) is 6.03. The van der Waals surface area contributed by atoms with Crippen molar-refractivity contribution in [3.63, 3.8) is 0 Å². The molecule has 1 aromatic rings. The molecule has 0 bridgehead atoms. The molecule has 0 heterocycles. The fourth-order valence-corrected chi connectivity index (χ4v) is 2.04. The maximum absolute atomic E-state index is 12.0. The average molecular weight is 262 g/mol. The maximum atomic E-state index is 12.0. The Morgan fingerprint density at radius 1 is 1.32 bits per heavy atom. The monoisotopic (exact) mass is 262 g/mol. The second kappa shape index (κ2) is 7.29. The summed E-state index contributed by atoms with van der Waals surface area (Å²) in [5, 5.41) is 3.06. The summed E-state index contributed by atoms with van der Waals surface area (Å²) in [6.07, 6.45) is 1.37. The van der Waals surface area contributed by atoms with Crippen molar-refractivity contribution in [2.45, 2.75) is 46.5 Å². The summed E-state index contributed by atoms with van der Waals surface area (Å²) in [6, 6.07) is 6.15. The predicted molar refractivity (Wildman–Crippen MR) is 81.4 cm³/mol. The van der Waals surface area contributed by atoms with E-state index in [0.29, 0.717) is 24.8 Å². The smallest absolute Gasteiger partial charge is 0.224 e. The lowest BCUT2D eigenvalue weighted by molar-refractivity contribution is -0.116. The van der Waals surface area contributed by atoms with Gasteiger partial charge >= 0.3 is 0 Å². The molecule has 0 saturated carbocycles. The van der Waals surface area contributed by atoms with E-state index in [-0.39, 0.29) is 5.91 Å². The van der Waals surface area contributed by atoms with Gasteiger partial charge in [0.2, 0.25) is 5.91 Å². The number of carbonyl (C=O) groups is 1. The summed E-state index contributed by atoms with van der Waals surface area (Å²) < 4.78 is 0. The Morgan fingerprint density at radius 2 is 2.00 bits per heavy atom. The quantitative estimate of drug-likeness (QED) is 0.825. The first-order chi connectivity index (χ1) is 8.95. The summed E-state index contributed by atoms with van der Waals surface area (Å²) in [5.41, 5.74) is 8.85. The van der Waals surface area contributed by atoms with Gasteiger partial charge in [0.15, 0.2) is 0 Å². The van der Waals surface area contributed by atoms with E-state index >= 15 is 0 Å².